The van der Waals surface area contributed by atoms with Crippen LogP contribution in [0.1, 0.15) is 33.4 Å². The Labute approximate surface area is 796 Å². The summed E-state index contributed by atoms with van der Waals surface area (Å²) in [4.78, 5) is -0.331. The van der Waals surface area contributed by atoms with Gasteiger partial charge in [-0.3, -0.25) is 25.1 Å². The molecule has 27 rings (SSSR count). The predicted octanol–water partition coefficient (Wildman–Crippen LogP) is -3.58. The first-order valence-electron chi connectivity index (χ1n) is 43.0. The van der Waals surface area contributed by atoms with Crippen LogP contribution in [0.3, 0.4) is 0 Å². The van der Waals surface area contributed by atoms with Crippen LogP contribution in [0.15, 0.2) is 180 Å². The van der Waals surface area contributed by atoms with Crippen molar-refractivity contribution in [2.75, 3.05) is 46.2 Å². The molecule has 0 amide bonds. The van der Waals surface area contributed by atoms with E-state index >= 15 is 0 Å². The molecule has 21 aliphatic heterocycles. The van der Waals surface area contributed by atoms with Crippen molar-refractivity contribution in [2.45, 2.75) is 286 Å². The lowest BCUT2D eigenvalue weighted by Gasteiger charge is -2.50. The molecule has 0 saturated carbocycles. The highest BCUT2D eigenvalue weighted by Gasteiger charge is 2.61. The second-order valence-corrected chi connectivity index (χ2v) is 43.8. The topological polar surface area (TPSA) is 721 Å². The van der Waals surface area contributed by atoms with Crippen LogP contribution in [0.4, 0.5) is 0 Å². The van der Waals surface area contributed by atoms with Crippen LogP contribution >= 0.6 is 0 Å². The van der Waals surface area contributed by atoms with Crippen LogP contribution in [0, 0.1) is 41.5 Å². The van der Waals surface area contributed by atoms with Crippen molar-refractivity contribution >= 4 is 60.7 Å². The summed E-state index contributed by atoms with van der Waals surface area (Å²) in [7, 11) is -30.0. The van der Waals surface area contributed by atoms with Gasteiger partial charge in [0.2, 0.25) is 0 Å². The number of hydrogen-bond acceptors (Lipinski definition) is 47. The van der Waals surface area contributed by atoms with Gasteiger partial charge in [0.1, 0.15) is 165 Å². The van der Waals surface area contributed by atoms with Gasteiger partial charge in [0, 0.05) is 4.91 Å². The summed E-state index contributed by atoms with van der Waals surface area (Å²) >= 11 is 0. The third-order valence-corrected chi connectivity index (χ3v) is 31.8. The Balaban J connectivity index is 0.879. The standard InChI is InChI=1S/C84H105N3O46S6/c1-38-7-19-44(20-8-38)134(102,103)114-32-51-72-59(90)66(97)80(122-51)130-74-53(34-116-136(106,107)46-23-11-40(3)12-24-46)124-82(68(99)61(74)92)132-76-55(36-118-138(110,111)48-27-15-42(5)16-28-48)126-84(70(101)63(76)94)133-77-56(37-119-139(112,113)49-29-17-43(6)18-30-49)125-83(69(100)62(77)93)131-75-54(35-117-137(108,109)47-25-13-41(4)14-26-47)123-81(67(98)60(75)91)129-73-52(33-115-135(104,105)45-21-9-39(2)10-22-45)121-79(65(96)58(73)89)127-71-50(31-86-87-85)120-78(128-72)64(95)57(71)88/h7-30,50-84,88-101H,31-37H2,1-6H3/t50-,51-,52-,53-,54-,55-,56-,57-,58-,59+,60-,61+,62-,63-,64-,65-,66-,67-,68-,69-,70-,71-,72-,73-,74-,75-,76-,77-,78-,79-,80-,81-,82-,83-,84-/m1/s1. The molecule has 21 aliphatic rings. The van der Waals surface area contributed by atoms with Crippen LogP contribution in [0.25, 0.3) is 10.4 Å². The quantitative estimate of drug-likeness (QED) is 0.0108. The molecular weight excluding hydrogens is 1980 g/mol. The van der Waals surface area contributed by atoms with Crippen LogP contribution in [-0.2, 0) is 152 Å². The summed E-state index contributed by atoms with van der Waals surface area (Å²) in [5.74, 6) is 0. The van der Waals surface area contributed by atoms with Gasteiger partial charge in [-0.05, 0) is 120 Å². The molecule has 768 valence electrons. The van der Waals surface area contributed by atoms with E-state index in [0.717, 1.165) is 72.8 Å². The molecule has 0 unspecified atom stereocenters. The monoisotopic (exact) mass is 2080 g/mol. The zero-order valence-electron chi connectivity index (χ0n) is 74.1. The molecule has 6 aromatic rings. The zero-order chi connectivity index (χ0) is 101. The van der Waals surface area contributed by atoms with Gasteiger partial charge in [-0.1, -0.05) is 111 Å². The van der Waals surface area contributed by atoms with E-state index in [1.54, 1.807) is 41.5 Å². The molecule has 35 atom stereocenters. The molecular formula is C84H105N3O46S6. The van der Waals surface area contributed by atoms with Gasteiger partial charge in [-0.25, -0.2) is 0 Å². The van der Waals surface area contributed by atoms with Gasteiger partial charge in [0.05, 0.1) is 81.7 Å². The minimum atomic E-state index is -5.01. The minimum Gasteiger partial charge on any atom is -0.387 e. The molecule has 0 aliphatic carbocycles. The largest absolute Gasteiger partial charge is 0.387 e. The van der Waals surface area contributed by atoms with Gasteiger partial charge in [0.15, 0.2) is 44.0 Å². The maximum absolute atomic E-state index is 14.2. The van der Waals surface area contributed by atoms with Crippen molar-refractivity contribution < 1.29 is 213 Å². The number of ether oxygens (including phenoxy) is 14. The smallest absolute Gasteiger partial charge is 0.297 e. The number of azide groups is 1. The molecule has 14 bridgehead atoms. The number of aliphatic hydroxyl groups excluding tert-OH is 14. The van der Waals surface area contributed by atoms with Crippen molar-refractivity contribution in [2.24, 2.45) is 5.11 Å². The molecule has 0 spiro atoms. The highest BCUT2D eigenvalue weighted by Crippen LogP contribution is 2.42. The molecule has 55 heteroatoms. The third kappa shape index (κ3) is 24.7. The minimum absolute atomic E-state index is 0.498. The van der Waals surface area contributed by atoms with Crippen molar-refractivity contribution in [3.63, 3.8) is 0 Å². The fraction of sp³-hybridized carbons (Fsp3) is 0.571. The van der Waals surface area contributed by atoms with Crippen LogP contribution in [0.2, 0.25) is 0 Å². The first-order chi connectivity index (χ1) is 65.5. The molecule has 0 radical (unpaired) electrons. The van der Waals surface area contributed by atoms with E-state index in [0.29, 0.717) is 33.4 Å². The lowest BCUT2D eigenvalue weighted by molar-refractivity contribution is -0.395. The molecule has 21 heterocycles. The third-order valence-electron chi connectivity index (χ3n) is 24.0. The summed E-state index contributed by atoms with van der Waals surface area (Å²) in [6.45, 7) is 0.495. The molecule has 0 aromatic heterocycles. The van der Waals surface area contributed by atoms with Crippen molar-refractivity contribution in [3.8, 4) is 0 Å². The number of aryl methyl sites for hydroxylation is 6. The number of benzene rings is 6. The molecule has 21 fully saturated rings. The summed E-state index contributed by atoms with van der Waals surface area (Å²) in [5, 5.41) is 177. The summed E-state index contributed by atoms with van der Waals surface area (Å²) in [6.07, 6.45) is -86.9. The van der Waals surface area contributed by atoms with E-state index in [9.17, 15) is 128 Å². The Morgan fingerprint density at radius 1 is 0.223 bits per heavy atom. The van der Waals surface area contributed by atoms with E-state index in [2.05, 4.69) is 10.0 Å². The van der Waals surface area contributed by atoms with Crippen LogP contribution in [0.5, 0.6) is 0 Å². The first-order valence-corrected chi connectivity index (χ1v) is 51.5. The van der Waals surface area contributed by atoms with E-state index in [4.69, 9.17) is 91.4 Å². The fourth-order valence-electron chi connectivity index (χ4n) is 16.0. The van der Waals surface area contributed by atoms with E-state index in [1.807, 2.05) is 0 Å². The predicted molar refractivity (Wildman–Crippen MR) is 459 cm³/mol. The zero-order valence-corrected chi connectivity index (χ0v) is 79.0. The Hall–Kier alpha value is -7.03. The van der Waals surface area contributed by atoms with Gasteiger partial charge in [-0.2, -0.15) is 50.5 Å². The van der Waals surface area contributed by atoms with Crippen LogP contribution in [-0.4, -0.2) is 383 Å². The van der Waals surface area contributed by atoms with E-state index < -0.39 is 351 Å². The lowest BCUT2D eigenvalue weighted by Crippen LogP contribution is -2.68. The van der Waals surface area contributed by atoms with Crippen molar-refractivity contribution in [3.05, 3.63) is 189 Å². The first kappa shape index (κ1) is 108. The average molecular weight is 2090 g/mol. The summed E-state index contributed by atoms with van der Waals surface area (Å²) < 4.78 is 289. The van der Waals surface area contributed by atoms with Gasteiger partial charge in [-0.15, -0.1) is 0 Å². The van der Waals surface area contributed by atoms with Crippen molar-refractivity contribution in [1.82, 2.24) is 0 Å². The maximum Gasteiger partial charge on any atom is 0.297 e. The Morgan fingerprint density at radius 2 is 0.353 bits per heavy atom. The Bertz CT molecular complexity index is 5670. The highest BCUT2D eigenvalue weighted by molar-refractivity contribution is 7.88. The maximum atomic E-state index is 14.2. The highest BCUT2D eigenvalue weighted by atomic mass is 32.2. The fourth-order valence-corrected chi connectivity index (χ4v) is 21.5. The molecule has 139 heavy (non-hydrogen) atoms. The van der Waals surface area contributed by atoms with Gasteiger partial charge >= 0.3 is 0 Å². The summed E-state index contributed by atoms with van der Waals surface area (Å²) in [6, 6.07) is 29.9. The molecule has 14 N–H and O–H groups in total. The summed E-state index contributed by atoms with van der Waals surface area (Å²) in [5.41, 5.74) is 13.1. The number of nitrogens with zero attached hydrogens (tertiary/aromatic N) is 3. The van der Waals surface area contributed by atoms with E-state index in [1.165, 1.54) is 72.8 Å². The Morgan fingerprint density at radius 3 is 0.489 bits per heavy atom. The Kier molecular flexibility index (Phi) is 34.5. The normalized spacial score (nSPS) is 36.4. The number of hydrogen-bond donors (Lipinski definition) is 14. The second kappa shape index (κ2) is 44.5. The molecule has 21 saturated heterocycles. The molecule has 49 nitrogen and oxygen atoms in total. The average Bonchev–Trinajstić information content (AvgIpc) is 1.09. The number of rotatable bonds is 26. The van der Waals surface area contributed by atoms with Gasteiger partial charge in [0.25, 0.3) is 60.7 Å². The van der Waals surface area contributed by atoms with Crippen molar-refractivity contribution in [1.29, 1.82) is 0 Å². The van der Waals surface area contributed by atoms with Crippen LogP contribution < -0.4 is 0 Å². The molecule has 6 aromatic carbocycles. The second-order valence-electron chi connectivity index (χ2n) is 34.1. The van der Waals surface area contributed by atoms with E-state index in [-0.39, 0.29) is 0 Å². The van der Waals surface area contributed by atoms with Gasteiger partial charge < -0.3 is 138 Å². The lowest BCUT2D eigenvalue weighted by atomic mass is 9.95. The SMILES string of the molecule is Cc1ccc(S(=O)(=O)OC[C@H]2O[C@@H]3O[C@H]4[C@H](O)[C@@H](O)[C@@H](O[C@H]5[C@H](O)[C@@H](O)[C@@H](O[C@H]6[C@@H](O)[C@@H](O)[C@@H](O[C@H]7[C@@H](O)[C@@H](O)[C@@H](O[C@H]8[C@H](O)[C@@H](O)[C@@H](O[C@H]9[C@H](O)[C@@H](O)[C@@H](O[C@H]2[C@H](O)[C@H]3O)O[C@@H]9COS(=O)(=O)c2ccc(C)cc2)O[C@@H]8COS(=O)(=O)c2ccc(C)cc2)O[C@@H]7COS(=O)(=O)c2ccc(C)cc2)O[C@@H]6COS(=O)(=O)c2ccc(C)cc2)O[C@@H]5CN=[N+]=[N-])O[C@@H]4COS(=O)(=O)c2ccc(C)cc2)cc1. The number of aliphatic hydroxyl groups is 14.